The maximum Gasteiger partial charge on any atom is 0.123 e. The number of nitrogens with zero attached hydrogens (tertiary/aromatic N) is 3. The van der Waals surface area contributed by atoms with Crippen LogP contribution in [0.5, 0.6) is 5.75 Å². The van der Waals surface area contributed by atoms with E-state index in [1.165, 1.54) is 5.56 Å². The zero-order chi connectivity index (χ0) is 19.1. The van der Waals surface area contributed by atoms with Gasteiger partial charge in [0.15, 0.2) is 0 Å². The van der Waals surface area contributed by atoms with Crippen molar-refractivity contribution in [2.75, 3.05) is 13.1 Å². The van der Waals surface area contributed by atoms with E-state index in [2.05, 4.69) is 53.8 Å². The minimum Gasteiger partial charge on any atom is -0.487 e. The number of ether oxygens (including phenoxy) is 1. The van der Waals surface area contributed by atoms with Gasteiger partial charge in [-0.25, -0.2) is 0 Å². The van der Waals surface area contributed by atoms with Crippen molar-refractivity contribution < 1.29 is 9.84 Å². The van der Waals surface area contributed by atoms with Crippen LogP contribution in [0.1, 0.15) is 51.3 Å². The molecule has 0 atom stereocenters. The minimum atomic E-state index is -0.0833. The van der Waals surface area contributed by atoms with Gasteiger partial charge in [0.05, 0.1) is 30.4 Å². The second kappa shape index (κ2) is 6.88. The van der Waals surface area contributed by atoms with Crippen molar-refractivity contribution in [3.63, 3.8) is 0 Å². The van der Waals surface area contributed by atoms with Crippen LogP contribution in [0.4, 0.5) is 0 Å². The number of aryl methyl sites for hydroxylation is 1. The van der Waals surface area contributed by atoms with Crippen LogP contribution in [0, 0.1) is 0 Å². The molecule has 27 heavy (non-hydrogen) atoms. The third-order valence-corrected chi connectivity index (χ3v) is 6.02. The summed E-state index contributed by atoms with van der Waals surface area (Å²) < 4.78 is 6.55. The molecule has 1 fully saturated rings. The predicted octanol–water partition coefficient (Wildman–Crippen LogP) is 3.59. The molecular weight excluding hydrogens is 338 g/mol. The number of benzene rings is 1. The van der Waals surface area contributed by atoms with Gasteiger partial charge in [0.2, 0.25) is 0 Å². The molecule has 0 amide bonds. The number of hydrogen-bond donors (Lipinski definition) is 1. The third kappa shape index (κ3) is 3.71. The summed E-state index contributed by atoms with van der Waals surface area (Å²) in [6.45, 7) is 8.99. The highest BCUT2D eigenvalue weighted by Gasteiger charge is 2.41. The standard InChI is InChI=1S/C22H29N3O2/c1-21(2,3)25-10-8-22(9-11-25)7-6-17-12-16(4-5-20(17)27-22)19-14-23-18(15-26)13-24-19/h4-5,12-14,26H,6-11,15H2,1-3H3. The van der Waals surface area contributed by atoms with Gasteiger partial charge >= 0.3 is 0 Å². The maximum absolute atomic E-state index is 9.12. The molecule has 2 aliphatic rings. The van der Waals surface area contributed by atoms with Crippen molar-refractivity contribution >= 4 is 0 Å². The number of likely N-dealkylation sites (tertiary alicyclic amines) is 1. The maximum atomic E-state index is 9.12. The van der Waals surface area contributed by atoms with E-state index < -0.39 is 0 Å². The zero-order valence-electron chi connectivity index (χ0n) is 16.5. The number of fused-ring (bicyclic) bond motifs is 1. The van der Waals surface area contributed by atoms with E-state index in [9.17, 15) is 0 Å². The molecule has 1 aromatic heterocycles. The molecule has 2 aromatic rings. The monoisotopic (exact) mass is 367 g/mol. The Morgan fingerprint density at radius 3 is 2.52 bits per heavy atom. The van der Waals surface area contributed by atoms with Gasteiger partial charge in [0.25, 0.3) is 0 Å². The van der Waals surface area contributed by atoms with Crippen molar-refractivity contribution in [2.45, 2.75) is 64.2 Å². The van der Waals surface area contributed by atoms with Gasteiger partial charge in [-0.05, 0) is 70.2 Å². The molecular formula is C22H29N3O2. The van der Waals surface area contributed by atoms with E-state index in [0.717, 1.165) is 55.8 Å². The SMILES string of the molecule is CC(C)(C)N1CCC2(CCc3cc(-c4cnc(CO)cn4)ccc3O2)CC1. The van der Waals surface area contributed by atoms with Gasteiger partial charge in [-0.2, -0.15) is 0 Å². The smallest absolute Gasteiger partial charge is 0.123 e. The molecule has 0 saturated carbocycles. The lowest BCUT2D eigenvalue weighted by Gasteiger charge is -2.48. The Kier molecular flexibility index (Phi) is 4.68. The second-order valence-corrected chi connectivity index (χ2v) is 8.82. The number of hydrogen-bond acceptors (Lipinski definition) is 5. The number of aliphatic hydroxyl groups excluding tert-OH is 1. The molecule has 1 aromatic carbocycles. The Balaban J connectivity index is 1.50. The summed E-state index contributed by atoms with van der Waals surface area (Å²) in [4.78, 5) is 11.2. The van der Waals surface area contributed by atoms with Crippen LogP contribution >= 0.6 is 0 Å². The lowest BCUT2D eigenvalue weighted by molar-refractivity contribution is -0.0355. The first-order valence-electron chi connectivity index (χ1n) is 9.88. The summed E-state index contributed by atoms with van der Waals surface area (Å²) in [6.07, 6.45) is 7.67. The van der Waals surface area contributed by atoms with Crippen LogP contribution in [-0.2, 0) is 13.0 Å². The summed E-state index contributed by atoms with van der Waals surface area (Å²) >= 11 is 0. The third-order valence-electron chi connectivity index (χ3n) is 6.02. The number of rotatable bonds is 2. The fraction of sp³-hybridized carbons (Fsp3) is 0.545. The van der Waals surface area contributed by atoms with Gasteiger partial charge < -0.3 is 9.84 Å². The largest absolute Gasteiger partial charge is 0.487 e. The molecule has 1 N–H and O–H groups in total. The molecule has 2 aliphatic heterocycles. The molecule has 1 spiro atoms. The highest BCUT2D eigenvalue weighted by molar-refractivity contribution is 5.61. The average molecular weight is 367 g/mol. The zero-order valence-corrected chi connectivity index (χ0v) is 16.5. The molecule has 144 valence electrons. The Morgan fingerprint density at radius 1 is 1.11 bits per heavy atom. The van der Waals surface area contributed by atoms with Crippen LogP contribution in [0.15, 0.2) is 30.6 Å². The van der Waals surface area contributed by atoms with E-state index in [4.69, 9.17) is 9.84 Å². The van der Waals surface area contributed by atoms with Gasteiger partial charge in [0.1, 0.15) is 11.4 Å². The molecule has 0 aliphatic carbocycles. The van der Waals surface area contributed by atoms with E-state index in [0.29, 0.717) is 5.69 Å². The Morgan fingerprint density at radius 2 is 1.89 bits per heavy atom. The van der Waals surface area contributed by atoms with Crippen LogP contribution in [-0.4, -0.2) is 44.2 Å². The molecule has 4 rings (SSSR count). The highest BCUT2D eigenvalue weighted by atomic mass is 16.5. The molecule has 0 bridgehead atoms. The van der Waals surface area contributed by atoms with Crippen molar-refractivity contribution in [2.24, 2.45) is 0 Å². The predicted molar refractivity (Wildman–Crippen MR) is 106 cm³/mol. The molecule has 0 radical (unpaired) electrons. The lowest BCUT2D eigenvalue weighted by Crippen LogP contribution is -2.54. The molecule has 5 nitrogen and oxygen atoms in total. The lowest BCUT2D eigenvalue weighted by atomic mass is 9.81. The summed E-state index contributed by atoms with van der Waals surface area (Å²) in [5.41, 5.74) is 3.95. The fourth-order valence-corrected chi connectivity index (χ4v) is 4.20. The Bertz CT molecular complexity index is 803. The first-order valence-corrected chi connectivity index (χ1v) is 9.88. The van der Waals surface area contributed by atoms with Crippen LogP contribution in [0.2, 0.25) is 0 Å². The van der Waals surface area contributed by atoms with Gasteiger partial charge in [-0.15, -0.1) is 0 Å². The molecule has 0 unspecified atom stereocenters. The topological polar surface area (TPSA) is 58.5 Å². The number of piperidine rings is 1. The first-order chi connectivity index (χ1) is 12.9. The molecule has 5 heteroatoms. The quantitative estimate of drug-likeness (QED) is 0.879. The minimum absolute atomic E-state index is 0.00114. The number of aliphatic hydroxyl groups is 1. The summed E-state index contributed by atoms with van der Waals surface area (Å²) in [5.74, 6) is 1.02. The van der Waals surface area contributed by atoms with E-state index in [1.807, 2.05) is 0 Å². The second-order valence-electron chi connectivity index (χ2n) is 8.82. The number of aromatic nitrogens is 2. The van der Waals surface area contributed by atoms with Gasteiger partial charge in [-0.3, -0.25) is 14.9 Å². The van der Waals surface area contributed by atoms with Crippen LogP contribution in [0.3, 0.4) is 0 Å². The summed E-state index contributed by atoms with van der Waals surface area (Å²) in [7, 11) is 0. The Hall–Kier alpha value is -1.98. The van der Waals surface area contributed by atoms with Crippen LogP contribution in [0.25, 0.3) is 11.3 Å². The van der Waals surface area contributed by atoms with Crippen molar-refractivity contribution in [3.8, 4) is 17.0 Å². The Labute approximate surface area is 161 Å². The first kappa shape index (κ1) is 18.4. The molecule has 3 heterocycles. The van der Waals surface area contributed by atoms with Crippen molar-refractivity contribution in [1.82, 2.24) is 14.9 Å². The van der Waals surface area contributed by atoms with Crippen LogP contribution < -0.4 is 4.74 Å². The van der Waals surface area contributed by atoms with Gasteiger partial charge in [-0.1, -0.05) is 0 Å². The summed E-state index contributed by atoms with van der Waals surface area (Å²) in [5, 5.41) is 9.12. The van der Waals surface area contributed by atoms with Gasteiger partial charge in [0, 0.05) is 24.2 Å². The molecule has 1 saturated heterocycles. The van der Waals surface area contributed by atoms with E-state index in [-0.39, 0.29) is 17.7 Å². The fourth-order valence-electron chi connectivity index (χ4n) is 4.20. The normalized spacial score (nSPS) is 19.6. The summed E-state index contributed by atoms with van der Waals surface area (Å²) in [6, 6.07) is 6.32. The van der Waals surface area contributed by atoms with E-state index >= 15 is 0 Å². The average Bonchev–Trinajstić information content (AvgIpc) is 2.67. The van der Waals surface area contributed by atoms with Crippen molar-refractivity contribution in [1.29, 1.82) is 0 Å². The van der Waals surface area contributed by atoms with Crippen molar-refractivity contribution in [3.05, 3.63) is 41.9 Å². The highest BCUT2D eigenvalue weighted by Crippen LogP contribution is 2.41. The van der Waals surface area contributed by atoms with E-state index in [1.54, 1.807) is 12.4 Å².